The molecule has 0 aliphatic carbocycles. The second-order valence-electron chi connectivity index (χ2n) is 5.04. The summed E-state index contributed by atoms with van der Waals surface area (Å²) in [6, 6.07) is 7.81. The van der Waals surface area contributed by atoms with Crippen LogP contribution in [-0.4, -0.2) is 24.6 Å². The van der Waals surface area contributed by atoms with E-state index in [1.165, 1.54) is 0 Å². The van der Waals surface area contributed by atoms with Gasteiger partial charge < -0.3 is 15.8 Å². The quantitative estimate of drug-likeness (QED) is 0.760. The van der Waals surface area contributed by atoms with Crippen LogP contribution in [0.2, 0.25) is 0 Å². The predicted octanol–water partition coefficient (Wildman–Crippen LogP) is 2.43. The van der Waals surface area contributed by atoms with Gasteiger partial charge in [-0.1, -0.05) is 31.5 Å². The highest BCUT2D eigenvalue weighted by molar-refractivity contribution is 5.85. The largest absolute Gasteiger partial charge is 0.491 e. The Kier molecular flexibility index (Phi) is 8.26. The van der Waals surface area contributed by atoms with Crippen LogP contribution in [0.25, 0.3) is 0 Å². The van der Waals surface area contributed by atoms with E-state index in [0.717, 1.165) is 17.7 Å². The Hall–Kier alpha value is -1.26. The smallest absolute Gasteiger partial charge is 0.239 e. The number of rotatable bonds is 7. The van der Waals surface area contributed by atoms with Crippen molar-refractivity contribution in [1.82, 2.24) is 5.32 Å². The highest BCUT2D eigenvalue weighted by atomic mass is 35.5. The molecule has 1 unspecified atom stereocenters. The Morgan fingerprint density at radius 3 is 2.65 bits per heavy atom. The number of aryl methyl sites for hydroxylation is 1. The third-order valence-corrected chi connectivity index (χ3v) is 3.03. The monoisotopic (exact) mass is 300 g/mol. The fraction of sp³-hybridized carbons (Fsp3) is 0.533. The van der Waals surface area contributed by atoms with Gasteiger partial charge in [-0.2, -0.15) is 0 Å². The predicted molar refractivity (Wildman–Crippen MR) is 84.4 cm³/mol. The van der Waals surface area contributed by atoms with Gasteiger partial charge in [0, 0.05) is 0 Å². The minimum atomic E-state index is -0.794. The second kappa shape index (κ2) is 8.82. The summed E-state index contributed by atoms with van der Waals surface area (Å²) in [5.41, 5.74) is 6.23. The summed E-state index contributed by atoms with van der Waals surface area (Å²) in [6.45, 7) is 6.67. The molecule has 0 saturated carbocycles. The van der Waals surface area contributed by atoms with Crippen LogP contribution in [0.5, 0.6) is 5.75 Å². The molecule has 0 radical (unpaired) electrons. The van der Waals surface area contributed by atoms with E-state index in [1.807, 2.05) is 38.1 Å². The zero-order valence-corrected chi connectivity index (χ0v) is 13.3. The first-order valence-corrected chi connectivity index (χ1v) is 6.73. The number of hydrogen-bond donors (Lipinski definition) is 2. The van der Waals surface area contributed by atoms with Crippen LogP contribution >= 0.6 is 12.4 Å². The van der Waals surface area contributed by atoms with Crippen LogP contribution in [0.4, 0.5) is 0 Å². The summed E-state index contributed by atoms with van der Waals surface area (Å²) in [6.07, 6.45) is 1.57. The molecule has 1 rings (SSSR count). The van der Waals surface area contributed by atoms with Crippen LogP contribution < -0.4 is 15.8 Å². The fourth-order valence-electron chi connectivity index (χ4n) is 1.88. The third kappa shape index (κ3) is 5.80. The van der Waals surface area contributed by atoms with Crippen molar-refractivity contribution in [3.05, 3.63) is 29.8 Å². The molecule has 1 aromatic rings. The average molecular weight is 301 g/mol. The van der Waals surface area contributed by atoms with Crippen molar-refractivity contribution in [2.24, 2.45) is 5.73 Å². The van der Waals surface area contributed by atoms with Gasteiger partial charge in [0.1, 0.15) is 12.4 Å². The first-order chi connectivity index (χ1) is 8.97. The topological polar surface area (TPSA) is 64.4 Å². The maximum Gasteiger partial charge on any atom is 0.239 e. The molecule has 5 heteroatoms. The lowest BCUT2D eigenvalue weighted by atomic mass is 9.97. The van der Waals surface area contributed by atoms with Crippen molar-refractivity contribution in [1.29, 1.82) is 0 Å². The van der Waals surface area contributed by atoms with Gasteiger partial charge in [-0.25, -0.2) is 0 Å². The molecule has 0 spiro atoms. The van der Waals surface area contributed by atoms with Gasteiger partial charge in [-0.05, 0) is 31.9 Å². The highest BCUT2D eigenvalue weighted by Crippen LogP contribution is 2.15. The number of ether oxygens (including phenoxy) is 1. The number of carbonyl (C=O) groups is 1. The van der Waals surface area contributed by atoms with Crippen LogP contribution in [0, 0.1) is 6.92 Å². The lowest BCUT2D eigenvalue weighted by Gasteiger charge is -2.22. The second-order valence-corrected chi connectivity index (χ2v) is 5.04. The zero-order chi connectivity index (χ0) is 14.3. The van der Waals surface area contributed by atoms with Crippen molar-refractivity contribution in [3.63, 3.8) is 0 Å². The van der Waals surface area contributed by atoms with Crippen molar-refractivity contribution in [3.8, 4) is 5.75 Å². The molecule has 1 amide bonds. The lowest BCUT2D eigenvalue weighted by molar-refractivity contribution is -0.126. The maximum atomic E-state index is 11.8. The molecule has 0 bridgehead atoms. The number of benzene rings is 1. The molecule has 3 N–H and O–H groups in total. The highest BCUT2D eigenvalue weighted by Gasteiger charge is 2.26. The molecule has 0 fully saturated rings. The number of hydrogen-bond acceptors (Lipinski definition) is 3. The molecule has 0 aliphatic rings. The Labute approximate surface area is 127 Å². The molecular formula is C15H25ClN2O2. The van der Waals surface area contributed by atoms with E-state index in [1.54, 1.807) is 6.92 Å². The first-order valence-electron chi connectivity index (χ1n) is 6.73. The van der Waals surface area contributed by atoms with Gasteiger partial charge in [0.15, 0.2) is 0 Å². The van der Waals surface area contributed by atoms with Gasteiger partial charge in [-0.3, -0.25) is 4.79 Å². The summed E-state index contributed by atoms with van der Waals surface area (Å²) in [5, 5.41) is 2.81. The molecule has 1 aromatic carbocycles. The minimum absolute atomic E-state index is 0. The van der Waals surface area contributed by atoms with Crippen LogP contribution in [-0.2, 0) is 4.79 Å². The summed E-state index contributed by atoms with van der Waals surface area (Å²) >= 11 is 0. The van der Waals surface area contributed by atoms with Crippen LogP contribution in [0.1, 0.15) is 32.3 Å². The van der Waals surface area contributed by atoms with E-state index >= 15 is 0 Å². The van der Waals surface area contributed by atoms with Gasteiger partial charge in [0.05, 0.1) is 12.1 Å². The Balaban J connectivity index is 0.00000361. The summed E-state index contributed by atoms with van der Waals surface area (Å²) < 4.78 is 5.60. The van der Waals surface area contributed by atoms with E-state index in [-0.39, 0.29) is 18.3 Å². The van der Waals surface area contributed by atoms with Crippen molar-refractivity contribution in [2.45, 2.75) is 39.2 Å². The van der Waals surface area contributed by atoms with E-state index in [0.29, 0.717) is 19.6 Å². The van der Waals surface area contributed by atoms with Gasteiger partial charge >= 0.3 is 0 Å². The number of nitrogens with one attached hydrogen (secondary N) is 1. The standard InChI is InChI=1S/C15H24N2O2.ClH/c1-4-9-15(3,16)14(18)17-10-11-19-13-8-6-5-7-12(13)2;/h5-8H,4,9-11,16H2,1-3H3,(H,17,18);1H. The molecule has 0 aliphatic heterocycles. The van der Waals surface area contributed by atoms with Crippen molar-refractivity contribution in [2.75, 3.05) is 13.2 Å². The molecule has 0 heterocycles. The molecular weight excluding hydrogens is 276 g/mol. The lowest BCUT2D eigenvalue weighted by Crippen LogP contribution is -2.52. The fourth-order valence-corrected chi connectivity index (χ4v) is 1.88. The number of carbonyl (C=O) groups excluding carboxylic acids is 1. The summed E-state index contributed by atoms with van der Waals surface area (Å²) in [7, 11) is 0. The molecule has 0 aromatic heterocycles. The van der Waals surface area contributed by atoms with E-state index in [2.05, 4.69) is 5.32 Å². The minimum Gasteiger partial charge on any atom is -0.491 e. The summed E-state index contributed by atoms with van der Waals surface area (Å²) in [4.78, 5) is 11.8. The van der Waals surface area contributed by atoms with Crippen LogP contribution in [0.3, 0.4) is 0 Å². The molecule has 0 saturated heterocycles. The number of halogens is 1. The molecule has 20 heavy (non-hydrogen) atoms. The zero-order valence-electron chi connectivity index (χ0n) is 12.4. The SMILES string of the molecule is CCCC(C)(N)C(=O)NCCOc1ccccc1C.Cl. The van der Waals surface area contributed by atoms with E-state index in [4.69, 9.17) is 10.5 Å². The summed E-state index contributed by atoms with van der Waals surface area (Å²) in [5.74, 6) is 0.726. The Bertz CT molecular complexity index is 422. The number of para-hydroxylation sites is 1. The van der Waals surface area contributed by atoms with Crippen LogP contribution in [0.15, 0.2) is 24.3 Å². The first kappa shape index (κ1) is 18.7. The number of nitrogens with two attached hydrogens (primary N) is 1. The normalized spacial score (nSPS) is 13.0. The van der Waals surface area contributed by atoms with E-state index in [9.17, 15) is 4.79 Å². The Morgan fingerprint density at radius 2 is 2.05 bits per heavy atom. The van der Waals surface area contributed by atoms with Crippen molar-refractivity contribution < 1.29 is 9.53 Å². The van der Waals surface area contributed by atoms with Gasteiger partial charge in [0.25, 0.3) is 0 Å². The van der Waals surface area contributed by atoms with Gasteiger partial charge in [-0.15, -0.1) is 12.4 Å². The molecule has 114 valence electrons. The average Bonchev–Trinajstić information content (AvgIpc) is 2.36. The Morgan fingerprint density at radius 1 is 1.40 bits per heavy atom. The molecule has 1 atom stereocenters. The van der Waals surface area contributed by atoms with Gasteiger partial charge in [0.2, 0.25) is 5.91 Å². The van der Waals surface area contributed by atoms with E-state index < -0.39 is 5.54 Å². The maximum absolute atomic E-state index is 11.8. The third-order valence-electron chi connectivity index (χ3n) is 3.03. The van der Waals surface area contributed by atoms with Crippen molar-refractivity contribution >= 4 is 18.3 Å². The number of amides is 1. The molecule has 4 nitrogen and oxygen atoms in total.